The summed E-state index contributed by atoms with van der Waals surface area (Å²) in [7, 11) is 0. The van der Waals surface area contributed by atoms with E-state index in [0.717, 1.165) is 0 Å². The summed E-state index contributed by atoms with van der Waals surface area (Å²) < 4.78 is 28.8. The van der Waals surface area contributed by atoms with Crippen LogP contribution in [0, 0.1) is 0 Å². The highest BCUT2D eigenvalue weighted by Gasteiger charge is 2.09. The van der Waals surface area contributed by atoms with Crippen LogP contribution < -0.4 is 15.4 Å². The van der Waals surface area contributed by atoms with Gasteiger partial charge in [0.15, 0.2) is 0 Å². The first kappa shape index (κ1) is 15.7. The highest BCUT2D eigenvalue weighted by atomic mass is 35.5. The van der Waals surface area contributed by atoms with Crippen LogP contribution in [-0.2, 0) is 11.3 Å². The summed E-state index contributed by atoms with van der Waals surface area (Å²) in [5.41, 5.74) is 0.538. The topological polar surface area (TPSA) is 50.4 Å². The molecule has 0 saturated heterocycles. The van der Waals surface area contributed by atoms with Crippen LogP contribution in [0.25, 0.3) is 0 Å². The van der Waals surface area contributed by atoms with E-state index in [-0.39, 0.29) is 11.7 Å². The number of rotatable bonds is 7. The maximum Gasteiger partial charge on any atom is 0.387 e. The minimum atomic E-state index is -2.88. The van der Waals surface area contributed by atoms with Crippen molar-refractivity contribution in [2.75, 3.05) is 13.1 Å². The monoisotopic (exact) mass is 292 g/mol. The Bertz CT molecular complexity index is 430. The lowest BCUT2D eigenvalue weighted by atomic mass is 10.2. The van der Waals surface area contributed by atoms with Crippen molar-refractivity contribution >= 4 is 17.5 Å². The number of amides is 1. The number of ether oxygens (including phenoxy) is 1. The molecule has 1 rings (SSSR count). The Kier molecular flexibility index (Phi) is 6.52. The SMILES string of the molecule is CC(=O)NCCNCc1cc(Cl)ccc1OC(F)F. The van der Waals surface area contributed by atoms with Gasteiger partial charge in [-0.2, -0.15) is 8.78 Å². The predicted octanol–water partition coefficient (Wildman–Crippen LogP) is 2.17. The molecule has 7 heteroatoms. The molecule has 0 heterocycles. The minimum absolute atomic E-state index is 0.0893. The lowest BCUT2D eigenvalue weighted by molar-refractivity contribution is -0.118. The lowest BCUT2D eigenvalue weighted by Crippen LogP contribution is -2.30. The molecule has 0 atom stereocenters. The van der Waals surface area contributed by atoms with Crippen LogP contribution in [0.15, 0.2) is 18.2 Å². The van der Waals surface area contributed by atoms with Crippen LogP contribution >= 0.6 is 11.6 Å². The van der Waals surface area contributed by atoms with Crippen molar-refractivity contribution in [3.63, 3.8) is 0 Å². The van der Waals surface area contributed by atoms with E-state index in [4.69, 9.17) is 11.6 Å². The Balaban J connectivity index is 2.51. The van der Waals surface area contributed by atoms with Gasteiger partial charge in [0.25, 0.3) is 0 Å². The standard InChI is InChI=1S/C12H15ClF2N2O2/c1-8(18)17-5-4-16-7-9-6-10(13)2-3-11(9)19-12(14)15/h2-3,6,12,16H,4-5,7H2,1H3,(H,17,18). The normalized spacial score (nSPS) is 10.6. The number of carbonyl (C=O) groups excluding carboxylic acids is 1. The van der Waals surface area contributed by atoms with Gasteiger partial charge in [-0.15, -0.1) is 0 Å². The summed E-state index contributed by atoms with van der Waals surface area (Å²) in [5.74, 6) is -0.0299. The molecule has 0 aliphatic carbocycles. The summed E-state index contributed by atoms with van der Waals surface area (Å²) in [5, 5.41) is 6.06. The number of hydrogen-bond acceptors (Lipinski definition) is 3. The Morgan fingerprint density at radius 2 is 2.16 bits per heavy atom. The molecule has 2 N–H and O–H groups in total. The molecule has 0 radical (unpaired) electrons. The predicted molar refractivity (Wildman–Crippen MR) is 68.5 cm³/mol. The number of benzene rings is 1. The molecule has 0 fully saturated rings. The number of nitrogens with one attached hydrogen (secondary N) is 2. The zero-order valence-electron chi connectivity index (χ0n) is 10.4. The zero-order chi connectivity index (χ0) is 14.3. The Labute approximate surface area is 115 Å². The smallest absolute Gasteiger partial charge is 0.387 e. The van der Waals surface area contributed by atoms with Crippen molar-refractivity contribution in [2.24, 2.45) is 0 Å². The van der Waals surface area contributed by atoms with Gasteiger partial charge in [0.05, 0.1) is 0 Å². The summed E-state index contributed by atoms with van der Waals surface area (Å²) in [6.45, 7) is -0.158. The summed E-state index contributed by atoms with van der Waals surface area (Å²) >= 11 is 5.81. The number of alkyl halides is 2. The highest BCUT2D eigenvalue weighted by molar-refractivity contribution is 6.30. The molecule has 106 valence electrons. The van der Waals surface area contributed by atoms with Crippen LogP contribution in [0.5, 0.6) is 5.75 Å². The molecule has 19 heavy (non-hydrogen) atoms. The number of carbonyl (C=O) groups is 1. The third-order valence-electron chi connectivity index (χ3n) is 2.23. The molecule has 4 nitrogen and oxygen atoms in total. The first-order chi connectivity index (χ1) is 8.99. The van der Waals surface area contributed by atoms with E-state index in [2.05, 4.69) is 15.4 Å². The fourth-order valence-corrected chi connectivity index (χ4v) is 1.64. The molecule has 0 aliphatic rings. The van der Waals surface area contributed by atoms with Crippen LogP contribution in [0.3, 0.4) is 0 Å². The van der Waals surface area contributed by atoms with Gasteiger partial charge >= 0.3 is 6.61 Å². The van der Waals surface area contributed by atoms with E-state index in [0.29, 0.717) is 30.2 Å². The summed E-state index contributed by atoms with van der Waals surface area (Å²) in [6.07, 6.45) is 0. The molecule has 1 aromatic carbocycles. The van der Waals surface area contributed by atoms with E-state index in [9.17, 15) is 13.6 Å². The van der Waals surface area contributed by atoms with Crippen LogP contribution in [-0.4, -0.2) is 25.6 Å². The Morgan fingerprint density at radius 3 is 2.79 bits per heavy atom. The van der Waals surface area contributed by atoms with Crippen LogP contribution in [0.1, 0.15) is 12.5 Å². The minimum Gasteiger partial charge on any atom is -0.434 e. The quantitative estimate of drug-likeness (QED) is 0.757. The Morgan fingerprint density at radius 1 is 1.42 bits per heavy atom. The fourth-order valence-electron chi connectivity index (χ4n) is 1.45. The maximum absolute atomic E-state index is 12.2. The lowest BCUT2D eigenvalue weighted by Gasteiger charge is -2.12. The highest BCUT2D eigenvalue weighted by Crippen LogP contribution is 2.24. The average Bonchev–Trinajstić information content (AvgIpc) is 2.31. The van der Waals surface area contributed by atoms with Crippen molar-refractivity contribution < 1.29 is 18.3 Å². The van der Waals surface area contributed by atoms with Crippen molar-refractivity contribution in [3.8, 4) is 5.75 Å². The van der Waals surface area contributed by atoms with Gasteiger partial charge < -0.3 is 15.4 Å². The molecule has 0 bridgehead atoms. The third kappa shape index (κ3) is 6.35. The molecular formula is C12H15ClF2N2O2. The molecule has 0 spiro atoms. The largest absolute Gasteiger partial charge is 0.434 e. The second kappa shape index (κ2) is 7.91. The van der Waals surface area contributed by atoms with Gasteiger partial charge in [0.2, 0.25) is 5.91 Å². The van der Waals surface area contributed by atoms with Crippen molar-refractivity contribution in [3.05, 3.63) is 28.8 Å². The van der Waals surface area contributed by atoms with E-state index < -0.39 is 6.61 Å². The Hall–Kier alpha value is -1.40. The van der Waals surface area contributed by atoms with Gasteiger partial charge in [-0.05, 0) is 18.2 Å². The van der Waals surface area contributed by atoms with E-state index in [1.165, 1.54) is 19.1 Å². The van der Waals surface area contributed by atoms with Gasteiger partial charge in [-0.3, -0.25) is 4.79 Å². The van der Waals surface area contributed by atoms with E-state index in [1.54, 1.807) is 6.07 Å². The average molecular weight is 293 g/mol. The van der Waals surface area contributed by atoms with Gasteiger partial charge in [-0.25, -0.2) is 0 Å². The van der Waals surface area contributed by atoms with E-state index in [1.807, 2.05) is 0 Å². The molecule has 0 aliphatic heterocycles. The first-order valence-electron chi connectivity index (χ1n) is 5.67. The number of halogens is 3. The summed E-state index contributed by atoms with van der Waals surface area (Å²) in [6, 6.07) is 4.45. The van der Waals surface area contributed by atoms with Gasteiger partial charge in [0, 0.05) is 37.1 Å². The molecule has 0 saturated carbocycles. The van der Waals surface area contributed by atoms with Crippen LogP contribution in [0.4, 0.5) is 8.78 Å². The van der Waals surface area contributed by atoms with Crippen molar-refractivity contribution in [1.82, 2.24) is 10.6 Å². The summed E-state index contributed by atoms with van der Waals surface area (Å²) in [4.78, 5) is 10.6. The van der Waals surface area contributed by atoms with Crippen molar-refractivity contribution in [2.45, 2.75) is 20.1 Å². The second-order valence-corrected chi connectivity index (χ2v) is 4.23. The first-order valence-corrected chi connectivity index (χ1v) is 6.05. The molecule has 0 aromatic heterocycles. The molecular weight excluding hydrogens is 278 g/mol. The fraction of sp³-hybridized carbons (Fsp3) is 0.417. The number of hydrogen-bond donors (Lipinski definition) is 2. The zero-order valence-corrected chi connectivity index (χ0v) is 11.1. The molecule has 0 unspecified atom stereocenters. The van der Waals surface area contributed by atoms with Gasteiger partial charge in [-0.1, -0.05) is 11.6 Å². The van der Waals surface area contributed by atoms with Crippen LogP contribution in [0.2, 0.25) is 5.02 Å². The molecule has 1 amide bonds. The van der Waals surface area contributed by atoms with Crippen molar-refractivity contribution in [1.29, 1.82) is 0 Å². The second-order valence-electron chi connectivity index (χ2n) is 3.79. The van der Waals surface area contributed by atoms with Gasteiger partial charge in [0.1, 0.15) is 5.75 Å². The molecule has 1 aromatic rings. The maximum atomic E-state index is 12.2. The third-order valence-corrected chi connectivity index (χ3v) is 2.46. The van der Waals surface area contributed by atoms with E-state index >= 15 is 0 Å².